The van der Waals surface area contributed by atoms with Crippen LogP contribution >= 0.6 is 23.3 Å². The number of likely N-dealkylation sites (N-methyl/N-ethyl adjacent to an activating group) is 1. The minimum absolute atomic E-state index is 0.0401. The van der Waals surface area contributed by atoms with Crippen molar-refractivity contribution < 1.29 is 9.53 Å². The summed E-state index contributed by atoms with van der Waals surface area (Å²) in [6, 6.07) is 11.7. The number of aromatic nitrogens is 2. The van der Waals surface area contributed by atoms with Crippen molar-refractivity contribution in [2.24, 2.45) is 5.14 Å². The fourth-order valence-corrected chi connectivity index (χ4v) is 4.46. The van der Waals surface area contributed by atoms with Crippen LogP contribution in [0.4, 0.5) is 5.13 Å². The Bertz CT molecular complexity index is 991. The second-order valence-corrected chi connectivity index (χ2v) is 8.10. The van der Waals surface area contributed by atoms with Gasteiger partial charge in [0.25, 0.3) is 0 Å². The fraction of sp³-hybridized carbons (Fsp3) is 0.211. The lowest BCUT2D eigenvalue weighted by Crippen LogP contribution is -2.32. The summed E-state index contributed by atoms with van der Waals surface area (Å²) in [5, 5.41) is 6.29. The van der Waals surface area contributed by atoms with Gasteiger partial charge in [0.2, 0.25) is 5.91 Å². The highest BCUT2D eigenvalue weighted by atomic mass is 32.2. The van der Waals surface area contributed by atoms with E-state index in [-0.39, 0.29) is 11.8 Å². The summed E-state index contributed by atoms with van der Waals surface area (Å²) < 4.78 is 6.72. The molecule has 3 aromatic rings. The number of thiazole rings is 1. The molecule has 138 valence electrons. The highest BCUT2D eigenvalue weighted by Crippen LogP contribution is 2.39. The van der Waals surface area contributed by atoms with Gasteiger partial charge in [-0.25, -0.2) is 4.98 Å². The van der Waals surface area contributed by atoms with Gasteiger partial charge in [0, 0.05) is 24.4 Å². The van der Waals surface area contributed by atoms with Crippen LogP contribution in [0.25, 0.3) is 11.3 Å². The molecule has 27 heavy (non-hydrogen) atoms. The lowest BCUT2D eigenvalue weighted by Gasteiger charge is -2.17. The summed E-state index contributed by atoms with van der Waals surface area (Å²) >= 11 is 2.57. The van der Waals surface area contributed by atoms with Gasteiger partial charge < -0.3 is 4.74 Å². The first-order valence-electron chi connectivity index (χ1n) is 8.38. The Hall–Kier alpha value is -2.42. The molecule has 1 aliphatic rings. The number of carbonyl (C=O) groups excluding carboxylic acids is 1. The fourth-order valence-electron chi connectivity index (χ4n) is 3.06. The number of pyridine rings is 1. The third-order valence-corrected chi connectivity index (χ3v) is 6.60. The van der Waals surface area contributed by atoms with Gasteiger partial charge in [0.15, 0.2) is 5.13 Å². The maximum atomic E-state index is 13.0. The predicted octanol–water partition coefficient (Wildman–Crippen LogP) is 3.62. The van der Waals surface area contributed by atoms with Crippen molar-refractivity contribution in [3.8, 4) is 17.0 Å². The van der Waals surface area contributed by atoms with Crippen LogP contribution in [0.15, 0.2) is 46.8 Å². The normalized spacial score (nSPS) is 15.3. The second kappa shape index (κ2) is 7.30. The highest BCUT2D eigenvalue weighted by Gasteiger charge is 2.34. The molecule has 0 radical (unpaired) electrons. The lowest BCUT2D eigenvalue weighted by molar-refractivity contribution is -0.119. The number of benzene rings is 1. The summed E-state index contributed by atoms with van der Waals surface area (Å²) in [4.78, 5) is 23.4. The number of hydrogen-bond acceptors (Lipinski definition) is 7. The average Bonchev–Trinajstić information content (AvgIpc) is 3.30. The molecule has 1 unspecified atom stereocenters. The van der Waals surface area contributed by atoms with Crippen LogP contribution in [-0.4, -0.2) is 29.5 Å². The van der Waals surface area contributed by atoms with Crippen LogP contribution in [0.1, 0.15) is 17.2 Å². The summed E-state index contributed by atoms with van der Waals surface area (Å²) in [6.07, 6.45) is 1.76. The Labute approximate surface area is 165 Å². The third-order valence-electron chi connectivity index (χ3n) is 4.52. The second-order valence-electron chi connectivity index (χ2n) is 6.22. The van der Waals surface area contributed by atoms with Gasteiger partial charge in [-0.05, 0) is 37.1 Å². The van der Waals surface area contributed by atoms with Gasteiger partial charge in [0.05, 0.1) is 15.6 Å². The van der Waals surface area contributed by atoms with Gasteiger partial charge in [-0.2, -0.15) is 0 Å². The number of rotatable bonds is 4. The first-order chi connectivity index (χ1) is 13.1. The molecule has 0 fully saturated rings. The van der Waals surface area contributed by atoms with Crippen molar-refractivity contribution in [2.75, 3.05) is 18.6 Å². The smallest absolute Gasteiger partial charge is 0.239 e. The molecule has 6 nitrogen and oxygen atoms in total. The first kappa shape index (κ1) is 18.0. The molecule has 0 saturated carbocycles. The highest BCUT2D eigenvalue weighted by molar-refractivity contribution is 7.99. The van der Waals surface area contributed by atoms with Crippen LogP contribution in [0.2, 0.25) is 0 Å². The number of nitrogens with two attached hydrogens (primary N) is 1. The molecular formula is C19H18N4O2S2. The molecule has 2 N–H and O–H groups in total. The lowest BCUT2D eigenvalue weighted by atomic mass is 9.98. The number of amides is 1. The Kier molecular flexibility index (Phi) is 4.86. The molecule has 0 spiro atoms. The summed E-state index contributed by atoms with van der Waals surface area (Å²) in [7, 11) is 1.74. The molecule has 0 bridgehead atoms. The van der Waals surface area contributed by atoms with Gasteiger partial charge in [-0.1, -0.05) is 29.5 Å². The molecule has 1 atom stereocenters. The van der Waals surface area contributed by atoms with E-state index in [1.165, 1.54) is 11.3 Å². The van der Waals surface area contributed by atoms with E-state index < -0.39 is 0 Å². The minimum Gasteiger partial charge on any atom is -0.492 e. The van der Waals surface area contributed by atoms with E-state index in [1.54, 1.807) is 18.1 Å². The van der Waals surface area contributed by atoms with E-state index in [0.29, 0.717) is 11.7 Å². The molecule has 1 aromatic carbocycles. The van der Waals surface area contributed by atoms with Crippen molar-refractivity contribution in [3.05, 3.63) is 53.9 Å². The molecule has 2 aromatic heterocycles. The number of carbonyl (C=O) groups is 1. The maximum Gasteiger partial charge on any atom is 0.239 e. The zero-order valence-electron chi connectivity index (χ0n) is 14.9. The van der Waals surface area contributed by atoms with Gasteiger partial charge in [0.1, 0.15) is 18.3 Å². The van der Waals surface area contributed by atoms with Crippen molar-refractivity contribution in [1.82, 2.24) is 9.97 Å². The van der Waals surface area contributed by atoms with E-state index in [2.05, 4.69) is 9.97 Å². The predicted molar refractivity (Wildman–Crippen MR) is 108 cm³/mol. The quantitative estimate of drug-likeness (QED) is 0.676. The largest absolute Gasteiger partial charge is 0.492 e. The standard InChI is InChI=1S/C19H18N4O2S2/c1-11-18(27-20)26-19(22-11)23(2)17(24)14-10-25-16-9-12(6-7-13(14)16)15-5-3-4-8-21-15/h3-9,14H,10,20H2,1-2H3. The maximum absolute atomic E-state index is 13.0. The molecule has 0 aliphatic carbocycles. The first-order valence-corrected chi connectivity index (χ1v) is 10.1. The molecule has 1 aliphatic heterocycles. The van der Waals surface area contributed by atoms with Crippen LogP contribution < -0.4 is 14.8 Å². The van der Waals surface area contributed by atoms with Gasteiger partial charge >= 0.3 is 0 Å². The SMILES string of the molecule is Cc1nc(N(C)C(=O)C2COc3cc(-c4ccccn4)ccc32)sc1SN. The van der Waals surface area contributed by atoms with E-state index in [9.17, 15) is 4.79 Å². The molecule has 1 amide bonds. The number of aryl methyl sites for hydroxylation is 1. The summed E-state index contributed by atoms with van der Waals surface area (Å²) in [5.41, 5.74) is 3.58. The Morgan fingerprint density at radius 1 is 1.37 bits per heavy atom. The van der Waals surface area contributed by atoms with E-state index >= 15 is 0 Å². The summed E-state index contributed by atoms with van der Waals surface area (Å²) in [6.45, 7) is 2.22. The number of nitrogens with zero attached hydrogens (tertiary/aromatic N) is 3. The van der Waals surface area contributed by atoms with Crippen molar-refractivity contribution in [3.63, 3.8) is 0 Å². The van der Waals surface area contributed by atoms with Gasteiger partial charge in [-0.3, -0.25) is 19.8 Å². The van der Waals surface area contributed by atoms with Crippen molar-refractivity contribution >= 4 is 34.3 Å². The minimum atomic E-state index is -0.346. The van der Waals surface area contributed by atoms with Crippen molar-refractivity contribution in [2.45, 2.75) is 17.1 Å². The van der Waals surface area contributed by atoms with E-state index in [0.717, 1.165) is 44.4 Å². The van der Waals surface area contributed by atoms with Gasteiger partial charge in [-0.15, -0.1) is 0 Å². The Morgan fingerprint density at radius 3 is 2.93 bits per heavy atom. The number of ether oxygens (including phenoxy) is 1. The van der Waals surface area contributed by atoms with Crippen LogP contribution in [0.5, 0.6) is 5.75 Å². The average molecular weight is 399 g/mol. The van der Waals surface area contributed by atoms with Crippen LogP contribution in [-0.2, 0) is 4.79 Å². The topological polar surface area (TPSA) is 81.3 Å². The number of fused-ring (bicyclic) bond motifs is 1. The summed E-state index contributed by atoms with van der Waals surface area (Å²) in [5.74, 6) is 0.348. The molecule has 4 rings (SSSR count). The molecule has 3 heterocycles. The van der Waals surface area contributed by atoms with Crippen LogP contribution in [0, 0.1) is 6.92 Å². The molecule has 8 heteroatoms. The monoisotopic (exact) mass is 398 g/mol. The zero-order chi connectivity index (χ0) is 19.0. The Morgan fingerprint density at radius 2 is 2.22 bits per heavy atom. The van der Waals surface area contributed by atoms with Crippen molar-refractivity contribution in [1.29, 1.82) is 0 Å². The Balaban J connectivity index is 1.59. The number of anilines is 1. The van der Waals surface area contributed by atoms with E-state index in [1.807, 2.05) is 43.3 Å². The van der Waals surface area contributed by atoms with Crippen LogP contribution in [0.3, 0.4) is 0 Å². The molecule has 0 saturated heterocycles. The van der Waals surface area contributed by atoms with E-state index in [4.69, 9.17) is 9.88 Å². The zero-order valence-corrected chi connectivity index (χ0v) is 16.5. The molecular weight excluding hydrogens is 380 g/mol. The third kappa shape index (κ3) is 3.31. The number of hydrogen-bond donors (Lipinski definition) is 1.